The van der Waals surface area contributed by atoms with Crippen molar-refractivity contribution in [2.75, 3.05) is 10.6 Å². The summed E-state index contributed by atoms with van der Waals surface area (Å²) in [5.74, 6) is 0. The van der Waals surface area contributed by atoms with Gasteiger partial charge in [0.25, 0.3) is 0 Å². The van der Waals surface area contributed by atoms with E-state index >= 15 is 0 Å². The molecule has 1 radical (unpaired) electrons. The van der Waals surface area contributed by atoms with Crippen LogP contribution in [0.3, 0.4) is 0 Å². The molecule has 2 rings (SSSR count). The lowest BCUT2D eigenvalue weighted by atomic mass is 10.2. The molecule has 4 heteroatoms. The molecule has 18 heavy (non-hydrogen) atoms. The van der Waals surface area contributed by atoms with Crippen LogP contribution in [0.1, 0.15) is 5.56 Å². The lowest BCUT2D eigenvalue weighted by Gasteiger charge is -2.22. The third kappa shape index (κ3) is 3.11. The number of hydrogen-bond acceptors (Lipinski definition) is 2. The van der Waals surface area contributed by atoms with Gasteiger partial charge in [-0.05, 0) is 23.8 Å². The third-order valence-electron chi connectivity index (χ3n) is 2.55. The lowest BCUT2D eigenvalue weighted by molar-refractivity contribution is 0.596. The summed E-state index contributed by atoms with van der Waals surface area (Å²) in [6.07, 6.45) is 1.21. The molecule has 0 heterocycles. The summed E-state index contributed by atoms with van der Waals surface area (Å²) in [4.78, 5) is 0. The first-order chi connectivity index (χ1) is 8.57. The van der Waals surface area contributed by atoms with Crippen LogP contribution in [0.5, 0.6) is 0 Å². The number of rotatable bonds is 4. The molecule has 0 amide bonds. The van der Waals surface area contributed by atoms with Gasteiger partial charge in [0.1, 0.15) is 0 Å². The zero-order valence-corrected chi connectivity index (χ0v) is 10.9. The fourth-order valence-electron chi connectivity index (χ4n) is 1.69. The van der Waals surface area contributed by atoms with Crippen LogP contribution in [-0.2, 0) is 16.6 Å². The minimum Gasteiger partial charge on any atom is -0.266 e. The highest BCUT2D eigenvalue weighted by Crippen LogP contribution is 2.19. The molecular weight excluding hydrogens is 246 g/mol. The zero-order chi connectivity index (χ0) is 13.0. The second-order valence-corrected chi connectivity index (χ2v) is 5.92. The molecule has 0 saturated heterocycles. The number of nitrogens with zero attached hydrogens (tertiary/aromatic N) is 1. The maximum atomic E-state index is 11.8. The minimum atomic E-state index is -3.30. The maximum absolute atomic E-state index is 11.8. The van der Waals surface area contributed by atoms with Gasteiger partial charge < -0.3 is 0 Å². The number of anilines is 1. The van der Waals surface area contributed by atoms with Crippen LogP contribution >= 0.6 is 0 Å². The summed E-state index contributed by atoms with van der Waals surface area (Å²) in [5.41, 5.74) is 1.58. The molecule has 2 aromatic rings. The van der Waals surface area contributed by atoms with Crippen molar-refractivity contribution in [3.05, 3.63) is 66.2 Å². The Balaban J connectivity index is 2.34. The summed E-state index contributed by atoms with van der Waals surface area (Å²) >= 11 is 0. The van der Waals surface area contributed by atoms with Crippen LogP contribution in [0.15, 0.2) is 54.6 Å². The zero-order valence-electron chi connectivity index (χ0n) is 10.1. The standard InChI is InChI=1S/C14H14NO2S/c1-18(16,17)15(14-10-6-3-7-11-14)12-13-8-4-2-5-9-13/h2-6,8-11H,12H2,1H3. The molecule has 0 spiro atoms. The van der Waals surface area contributed by atoms with Crippen molar-refractivity contribution in [3.8, 4) is 0 Å². The van der Waals surface area contributed by atoms with E-state index in [4.69, 9.17) is 0 Å². The average Bonchev–Trinajstić information content (AvgIpc) is 2.37. The molecule has 0 N–H and O–H groups in total. The van der Waals surface area contributed by atoms with E-state index in [-0.39, 0.29) is 0 Å². The van der Waals surface area contributed by atoms with Crippen molar-refractivity contribution in [3.63, 3.8) is 0 Å². The second kappa shape index (κ2) is 5.23. The third-order valence-corrected chi connectivity index (χ3v) is 3.69. The molecular formula is C14H14NO2S. The summed E-state index contributed by atoms with van der Waals surface area (Å²) in [6.45, 7) is 0.331. The van der Waals surface area contributed by atoms with Gasteiger partial charge in [0, 0.05) is 0 Å². The van der Waals surface area contributed by atoms with Crippen molar-refractivity contribution in [1.29, 1.82) is 0 Å². The fraction of sp³-hybridized carbons (Fsp3) is 0.143. The van der Waals surface area contributed by atoms with Crippen LogP contribution < -0.4 is 4.31 Å². The SMILES string of the molecule is CS(=O)(=O)N(Cc1ccccc1)c1c[c]ccc1. The van der Waals surface area contributed by atoms with Gasteiger partial charge in [-0.2, -0.15) is 0 Å². The van der Waals surface area contributed by atoms with Gasteiger partial charge in [-0.15, -0.1) is 0 Å². The van der Waals surface area contributed by atoms with Crippen LogP contribution in [0.2, 0.25) is 0 Å². The molecule has 0 bridgehead atoms. The van der Waals surface area contributed by atoms with E-state index in [0.717, 1.165) is 5.56 Å². The van der Waals surface area contributed by atoms with Crippen molar-refractivity contribution in [1.82, 2.24) is 0 Å². The summed E-state index contributed by atoms with van der Waals surface area (Å²) in [7, 11) is -3.30. The fourth-order valence-corrected chi connectivity index (χ4v) is 2.57. The van der Waals surface area contributed by atoms with E-state index in [0.29, 0.717) is 12.2 Å². The molecule has 0 atom stereocenters. The lowest BCUT2D eigenvalue weighted by Crippen LogP contribution is -2.29. The van der Waals surface area contributed by atoms with Gasteiger partial charge in [0.2, 0.25) is 10.0 Å². The predicted molar refractivity (Wildman–Crippen MR) is 72.7 cm³/mol. The molecule has 93 valence electrons. The smallest absolute Gasteiger partial charge is 0.232 e. The molecule has 3 nitrogen and oxygen atoms in total. The molecule has 0 saturated carbocycles. The van der Waals surface area contributed by atoms with Gasteiger partial charge in [0.05, 0.1) is 18.5 Å². The number of benzene rings is 2. The average molecular weight is 260 g/mol. The maximum Gasteiger partial charge on any atom is 0.232 e. The van der Waals surface area contributed by atoms with Crippen molar-refractivity contribution in [2.24, 2.45) is 0 Å². The van der Waals surface area contributed by atoms with E-state index in [2.05, 4.69) is 6.07 Å². The molecule has 0 aromatic heterocycles. The van der Waals surface area contributed by atoms with E-state index in [1.54, 1.807) is 24.3 Å². The topological polar surface area (TPSA) is 37.4 Å². The van der Waals surface area contributed by atoms with E-state index in [9.17, 15) is 8.42 Å². The quantitative estimate of drug-likeness (QED) is 0.846. The van der Waals surface area contributed by atoms with Gasteiger partial charge >= 0.3 is 0 Å². The molecule has 2 aromatic carbocycles. The monoisotopic (exact) mass is 260 g/mol. The van der Waals surface area contributed by atoms with Gasteiger partial charge in [0.15, 0.2) is 0 Å². The molecule has 0 unspecified atom stereocenters. The highest BCUT2D eigenvalue weighted by molar-refractivity contribution is 7.92. The molecule has 0 aliphatic heterocycles. The Morgan fingerprint density at radius 2 is 1.83 bits per heavy atom. The summed E-state index contributed by atoms with van der Waals surface area (Å²) in [6, 6.07) is 19.4. The molecule has 0 aliphatic carbocycles. The number of sulfonamides is 1. The first-order valence-corrected chi connectivity index (χ1v) is 7.40. The minimum absolute atomic E-state index is 0.331. The van der Waals surface area contributed by atoms with Crippen molar-refractivity contribution in [2.45, 2.75) is 6.54 Å². The first-order valence-electron chi connectivity index (χ1n) is 5.55. The highest BCUT2D eigenvalue weighted by atomic mass is 32.2. The predicted octanol–water partition coefficient (Wildman–Crippen LogP) is 2.45. The molecule has 0 fully saturated rings. The van der Waals surface area contributed by atoms with Gasteiger partial charge in [-0.3, -0.25) is 4.31 Å². The van der Waals surface area contributed by atoms with Gasteiger partial charge in [-0.25, -0.2) is 8.42 Å². The first kappa shape index (κ1) is 12.6. The van der Waals surface area contributed by atoms with Crippen LogP contribution in [-0.4, -0.2) is 14.7 Å². The van der Waals surface area contributed by atoms with E-state index in [1.807, 2.05) is 30.3 Å². The number of hydrogen-bond donors (Lipinski definition) is 0. The van der Waals surface area contributed by atoms with Crippen LogP contribution in [0.4, 0.5) is 5.69 Å². The summed E-state index contributed by atoms with van der Waals surface area (Å²) < 4.78 is 25.1. The largest absolute Gasteiger partial charge is 0.266 e. The Hall–Kier alpha value is -1.81. The molecule has 0 aliphatic rings. The Kier molecular flexibility index (Phi) is 3.67. The van der Waals surface area contributed by atoms with Crippen molar-refractivity contribution < 1.29 is 8.42 Å². The Labute approximate surface area is 108 Å². The van der Waals surface area contributed by atoms with Crippen LogP contribution in [0.25, 0.3) is 0 Å². The second-order valence-electron chi connectivity index (χ2n) is 4.02. The highest BCUT2D eigenvalue weighted by Gasteiger charge is 2.17. The Morgan fingerprint density at radius 3 is 2.39 bits per heavy atom. The van der Waals surface area contributed by atoms with E-state index in [1.165, 1.54) is 10.6 Å². The normalized spacial score (nSPS) is 11.2. The Bertz CT molecular complexity index is 594. The summed E-state index contributed by atoms with van der Waals surface area (Å²) in [5, 5.41) is 0. The van der Waals surface area contributed by atoms with Gasteiger partial charge in [-0.1, -0.05) is 42.5 Å². The van der Waals surface area contributed by atoms with Crippen molar-refractivity contribution >= 4 is 15.7 Å². The van der Waals surface area contributed by atoms with Crippen LogP contribution in [0, 0.1) is 6.07 Å². The Morgan fingerprint density at radius 1 is 1.11 bits per heavy atom. The van der Waals surface area contributed by atoms with E-state index < -0.39 is 10.0 Å².